The Labute approximate surface area is 186 Å². The fraction of sp³-hybridized carbons (Fsp3) is 0.458. The molecule has 1 atom stereocenters. The summed E-state index contributed by atoms with van der Waals surface area (Å²) in [6.07, 6.45) is 2.29. The van der Waals surface area contributed by atoms with Crippen LogP contribution in [0.4, 0.5) is 4.79 Å². The van der Waals surface area contributed by atoms with Gasteiger partial charge in [-0.2, -0.15) is 0 Å². The number of hydrogen-bond acceptors (Lipinski definition) is 3. The summed E-state index contributed by atoms with van der Waals surface area (Å²) in [7, 11) is -3.70. The van der Waals surface area contributed by atoms with Gasteiger partial charge >= 0.3 is 6.03 Å². The van der Waals surface area contributed by atoms with Crippen LogP contribution >= 0.6 is 0 Å². The second-order valence-electron chi connectivity index (χ2n) is 9.30. The van der Waals surface area contributed by atoms with Gasteiger partial charge in [0, 0.05) is 18.6 Å². The first-order valence-corrected chi connectivity index (χ1v) is 12.3. The van der Waals surface area contributed by atoms with Crippen molar-refractivity contribution < 1.29 is 13.2 Å². The van der Waals surface area contributed by atoms with E-state index in [0.717, 1.165) is 18.4 Å². The van der Waals surface area contributed by atoms with E-state index in [1.54, 1.807) is 45.0 Å². The van der Waals surface area contributed by atoms with Gasteiger partial charge in [0.2, 0.25) is 10.0 Å². The van der Waals surface area contributed by atoms with Crippen LogP contribution in [0.25, 0.3) is 0 Å². The van der Waals surface area contributed by atoms with Crippen LogP contribution in [0.2, 0.25) is 0 Å². The smallest absolute Gasteiger partial charge is 0.318 e. The predicted octanol–water partition coefficient (Wildman–Crippen LogP) is 4.45. The van der Waals surface area contributed by atoms with Crippen molar-refractivity contribution in [3.63, 3.8) is 0 Å². The molecule has 0 heterocycles. The summed E-state index contributed by atoms with van der Waals surface area (Å²) >= 11 is 0. The van der Waals surface area contributed by atoms with Crippen molar-refractivity contribution >= 4 is 16.1 Å². The lowest BCUT2D eigenvalue weighted by Crippen LogP contribution is -2.43. The molecular formula is C24H33N3O3S. The third kappa shape index (κ3) is 6.55. The average Bonchev–Trinajstić information content (AvgIpc) is 3.53. The van der Waals surface area contributed by atoms with Gasteiger partial charge in [0.25, 0.3) is 0 Å². The van der Waals surface area contributed by atoms with Gasteiger partial charge in [0.1, 0.15) is 0 Å². The van der Waals surface area contributed by atoms with Crippen molar-refractivity contribution in [1.82, 2.24) is 14.9 Å². The summed E-state index contributed by atoms with van der Waals surface area (Å²) in [5.41, 5.74) is 1.04. The second-order valence-corrected chi connectivity index (χ2v) is 11.0. The lowest BCUT2D eigenvalue weighted by molar-refractivity contribution is 0.175. The maximum Gasteiger partial charge on any atom is 0.318 e. The lowest BCUT2D eigenvalue weighted by atomic mass is 10.1. The Kier molecular flexibility index (Phi) is 7.06. The van der Waals surface area contributed by atoms with Crippen molar-refractivity contribution in [2.75, 3.05) is 6.54 Å². The number of rotatable bonds is 8. The Morgan fingerprint density at radius 1 is 1.06 bits per heavy atom. The summed E-state index contributed by atoms with van der Waals surface area (Å²) in [5, 5.41) is 2.95. The Morgan fingerprint density at radius 3 is 2.29 bits per heavy atom. The van der Waals surface area contributed by atoms with Gasteiger partial charge in [-0.1, -0.05) is 48.5 Å². The van der Waals surface area contributed by atoms with Crippen molar-refractivity contribution in [3.05, 3.63) is 65.7 Å². The molecule has 0 aliphatic heterocycles. The first-order chi connectivity index (χ1) is 14.6. The summed E-state index contributed by atoms with van der Waals surface area (Å²) in [4.78, 5) is 15.2. The van der Waals surface area contributed by atoms with Gasteiger partial charge in [-0.25, -0.2) is 17.9 Å². The monoisotopic (exact) mass is 443 g/mol. The highest BCUT2D eigenvalue weighted by atomic mass is 32.2. The van der Waals surface area contributed by atoms with E-state index in [1.165, 1.54) is 0 Å². The van der Waals surface area contributed by atoms with E-state index in [-0.39, 0.29) is 23.5 Å². The topological polar surface area (TPSA) is 78.5 Å². The predicted molar refractivity (Wildman–Crippen MR) is 123 cm³/mol. The maximum atomic E-state index is 13.1. The minimum atomic E-state index is -3.70. The van der Waals surface area contributed by atoms with Crippen LogP contribution in [0.5, 0.6) is 0 Å². The molecule has 7 heteroatoms. The molecule has 2 N–H and O–H groups in total. The molecule has 31 heavy (non-hydrogen) atoms. The molecule has 1 saturated carbocycles. The zero-order chi connectivity index (χ0) is 22.6. The van der Waals surface area contributed by atoms with E-state index in [1.807, 2.05) is 42.2 Å². The molecule has 3 rings (SSSR count). The fourth-order valence-corrected chi connectivity index (χ4v) is 5.21. The minimum Gasteiger partial charge on any atom is -0.334 e. The maximum absolute atomic E-state index is 13.1. The van der Waals surface area contributed by atoms with E-state index in [9.17, 15) is 13.2 Å². The standard InChI is InChI=1S/C24H33N3O3S/c1-18(20-10-6-5-7-11-20)27(17-19-14-15-19)23(28)25-16-21-12-8-9-13-22(21)31(29,30)26-24(2,3)4/h5-13,18-19,26H,14-17H2,1-4H3,(H,25,28). The number of carbonyl (C=O) groups excluding carboxylic acids is 1. The third-order valence-electron chi connectivity index (χ3n) is 5.29. The number of urea groups is 1. The SMILES string of the molecule is CC(c1ccccc1)N(CC1CC1)C(=O)NCc1ccccc1S(=O)(=O)NC(C)(C)C. The Hall–Kier alpha value is -2.38. The molecular weight excluding hydrogens is 410 g/mol. The molecule has 6 nitrogen and oxygen atoms in total. The van der Waals surface area contributed by atoms with Crippen molar-refractivity contribution in [2.24, 2.45) is 5.92 Å². The van der Waals surface area contributed by atoms with Crippen LogP contribution < -0.4 is 10.0 Å². The summed E-state index contributed by atoms with van der Waals surface area (Å²) in [6.45, 7) is 8.28. The van der Waals surface area contributed by atoms with E-state index in [2.05, 4.69) is 10.0 Å². The van der Waals surface area contributed by atoms with E-state index >= 15 is 0 Å². The summed E-state index contributed by atoms with van der Waals surface area (Å²) in [6, 6.07) is 16.5. The Balaban J connectivity index is 1.75. The lowest BCUT2D eigenvalue weighted by Gasteiger charge is -2.30. The molecule has 0 spiro atoms. The van der Waals surface area contributed by atoms with Crippen molar-refractivity contribution in [2.45, 2.75) is 63.6 Å². The largest absolute Gasteiger partial charge is 0.334 e. The number of nitrogens with zero attached hydrogens (tertiary/aromatic N) is 1. The number of benzene rings is 2. The van der Waals surface area contributed by atoms with E-state index < -0.39 is 15.6 Å². The van der Waals surface area contributed by atoms with Crippen LogP contribution in [0, 0.1) is 5.92 Å². The summed E-state index contributed by atoms with van der Waals surface area (Å²) < 4.78 is 28.4. The highest BCUT2D eigenvalue weighted by Crippen LogP contribution is 2.33. The van der Waals surface area contributed by atoms with Gasteiger partial charge in [-0.3, -0.25) is 0 Å². The second kappa shape index (κ2) is 9.40. The molecule has 0 saturated heterocycles. The average molecular weight is 444 g/mol. The quantitative estimate of drug-likeness (QED) is 0.633. The normalized spacial score (nSPS) is 15.4. The molecule has 168 valence electrons. The van der Waals surface area contributed by atoms with Crippen LogP contribution in [-0.2, 0) is 16.6 Å². The molecule has 0 radical (unpaired) electrons. The van der Waals surface area contributed by atoms with Crippen molar-refractivity contribution in [3.8, 4) is 0 Å². The molecule has 2 amide bonds. The molecule has 0 aromatic heterocycles. The van der Waals surface area contributed by atoms with Crippen LogP contribution in [0.15, 0.2) is 59.5 Å². The van der Waals surface area contributed by atoms with Gasteiger partial charge in [-0.15, -0.1) is 0 Å². The Bertz CT molecular complexity index is 996. The Morgan fingerprint density at radius 2 is 1.68 bits per heavy atom. The molecule has 1 aliphatic rings. The number of hydrogen-bond donors (Lipinski definition) is 2. The molecule has 2 aromatic rings. The first-order valence-electron chi connectivity index (χ1n) is 10.8. The molecule has 1 fully saturated rings. The minimum absolute atomic E-state index is 0.0664. The van der Waals surface area contributed by atoms with Crippen LogP contribution in [-0.4, -0.2) is 31.4 Å². The van der Waals surface area contributed by atoms with Crippen LogP contribution in [0.1, 0.15) is 57.7 Å². The van der Waals surface area contributed by atoms with E-state index in [4.69, 9.17) is 0 Å². The molecule has 0 bridgehead atoms. The summed E-state index contributed by atoms with van der Waals surface area (Å²) in [5.74, 6) is 0.542. The molecule has 2 aromatic carbocycles. The molecule has 1 unspecified atom stereocenters. The zero-order valence-electron chi connectivity index (χ0n) is 18.8. The number of nitrogens with one attached hydrogen (secondary N) is 2. The first kappa shape index (κ1) is 23.3. The van der Waals surface area contributed by atoms with Gasteiger partial charge in [-0.05, 0) is 63.6 Å². The molecule has 1 aliphatic carbocycles. The number of carbonyl (C=O) groups is 1. The fourth-order valence-electron chi connectivity index (χ4n) is 3.55. The van der Waals surface area contributed by atoms with E-state index in [0.29, 0.717) is 18.0 Å². The highest BCUT2D eigenvalue weighted by Gasteiger charge is 2.30. The van der Waals surface area contributed by atoms with Crippen molar-refractivity contribution in [1.29, 1.82) is 0 Å². The van der Waals surface area contributed by atoms with Crippen LogP contribution in [0.3, 0.4) is 0 Å². The third-order valence-corrected chi connectivity index (χ3v) is 7.15. The number of amides is 2. The number of sulfonamides is 1. The van der Waals surface area contributed by atoms with Gasteiger partial charge in [0.05, 0.1) is 10.9 Å². The van der Waals surface area contributed by atoms with Gasteiger partial charge in [0.15, 0.2) is 0 Å². The van der Waals surface area contributed by atoms with Gasteiger partial charge < -0.3 is 10.2 Å². The highest BCUT2D eigenvalue weighted by molar-refractivity contribution is 7.89. The zero-order valence-corrected chi connectivity index (χ0v) is 19.6.